The van der Waals surface area contributed by atoms with Crippen molar-refractivity contribution in [1.82, 2.24) is 4.72 Å². The molecule has 0 aromatic heterocycles. The number of rotatable bonds is 3. The average molecular weight is 297 g/mol. The Kier molecular flexibility index (Phi) is 4.73. The van der Waals surface area contributed by atoms with Crippen LogP contribution in [0.3, 0.4) is 0 Å². The first-order valence-corrected chi connectivity index (χ1v) is 6.67. The molecular weight excluding hydrogens is 282 g/mol. The van der Waals surface area contributed by atoms with Crippen molar-refractivity contribution in [3.63, 3.8) is 0 Å². The van der Waals surface area contributed by atoms with Gasteiger partial charge in [-0.3, -0.25) is 0 Å². The molecular formula is C12H15F4NOS. The second-order valence-corrected chi connectivity index (χ2v) is 7.02. The van der Waals surface area contributed by atoms with Gasteiger partial charge in [0.15, 0.2) is 0 Å². The summed E-state index contributed by atoms with van der Waals surface area (Å²) < 4.78 is 64.6. The van der Waals surface area contributed by atoms with Crippen LogP contribution in [-0.2, 0) is 11.0 Å². The molecule has 19 heavy (non-hydrogen) atoms. The van der Waals surface area contributed by atoms with Crippen molar-refractivity contribution in [2.75, 3.05) is 0 Å². The highest BCUT2D eigenvalue weighted by molar-refractivity contribution is 7.84. The Morgan fingerprint density at radius 3 is 1.95 bits per heavy atom. The molecule has 2 unspecified atom stereocenters. The molecule has 0 spiro atoms. The third-order valence-corrected chi connectivity index (χ3v) is 3.87. The molecule has 0 saturated heterocycles. The van der Waals surface area contributed by atoms with Gasteiger partial charge in [-0.05, 0) is 38.5 Å². The Labute approximate surface area is 111 Å². The van der Waals surface area contributed by atoms with E-state index in [0.717, 1.165) is 24.3 Å². The van der Waals surface area contributed by atoms with E-state index in [-0.39, 0.29) is 5.56 Å². The van der Waals surface area contributed by atoms with Crippen LogP contribution >= 0.6 is 0 Å². The largest absolute Gasteiger partial charge is 0.408 e. The quantitative estimate of drug-likeness (QED) is 0.850. The van der Waals surface area contributed by atoms with Gasteiger partial charge >= 0.3 is 6.18 Å². The minimum Gasteiger partial charge on any atom is -0.242 e. The molecule has 0 heterocycles. The first kappa shape index (κ1) is 16.1. The van der Waals surface area contributed by atoms with E-state index >= 15 is 0 Å². The van der Waals surface area contributed by atoms with Crippen molar-refractivity contribution >= 4 is 11.0 Å². The van der Waals surface area contributed by atoms with E-state index in [0.29, 0.717) is 0 Å². The van der Waals surface area contributed by atoms with E-state index in [4.69, 9.17) is 0 Å². The molecule has 0 saturated carbocycles. The number of halogens is 4. The van der Waals surface area contributed by atoms with E-state index in [1.165, 1.54) is 0 Å². The number of benzene rings is 1. The molecule has 2 nitrogen and oxygen atoms in total. The van der Waals surface area contributed by atoms with Gasteiger partial charge in [-0.1, -0.05) is 12.1 Å². The second-order valence-electron chi connectivity index (χ2n) is 5.03. The molecule has 7 heteroatoms. The third kappa shape index (κ3) is 4.58. The lowest BCUT2D eigenvalue weighted by Crippen LogP contribution is -2.41. The van der Waals surface area contributed by atoms with Crippen molar-refractivity contribution in [2.24, 2.45) is 0 Å². The molecule has 1 rings (SSSR count). The van der Waals surface area contributed by atoms with Gasteiger partial charge in [-0.15, -0.1) is 0 Å². The van der Waals surface area contributed by atoms with E-state index in [1.807, 2.05) is 0 Å². The van der Waals surface area contributed by atoms with Gasteiger partial charge in [-0.2, -0.15) is 13.2 Å². The van der Waals surface area contributed by atoms with Crippen LogP contribution in [0.1, 0.15) is 32.4 Å². The fourth-order valence-corrected chi connectivity index (χ4v) is 2.10. The summed E-state index contributed by atoms with van der Waals surface area (Å²) in [6, 6.07) is 1.85. The lowest BCUT2D eigenvalue weighted by atomic mass is 10.1. The lowest BCUT2D eigenvalue weighted by Gasteiger charge is -2.26. The van der Waals surface area contributed by atoms with Gasteiger partial charge in [0, 0.05) is 0 Å². The SMILES string of the molecule is CC(C)(C)S(=O)NC(c1ccc(F)cc1)C(F)(F)F. The zero-order chi connectivity index (χ0) is 14.8. The minimum atomic E-state index is -4.61. The molecule has 1 aromatic carbocycles. The molecule has 2 atom stereocenters. The summed E-state index contributed by atoms with van der Waals surface area (Å²) in [4.78, 5) is 0. The van der Waals surface area contributed by atoms with E-state index < -0.39 is 33.8 Å². The number of alkyl halides is 3. The van der Waals surface area contributed by atoms with Crippen LogP contribution in [0, 0.1) is 5.82 Å². The maximum absolute atomic E-state index is 13.0. The van der Waals surface area contributed by atoms with Crippen molar-refractivity contribution < 1.29 is 21.8 Å². The lowest BCUT2D eigenvalue weighted by molar-refractivity contribution is -0.152. The van der Waals surface area contributed by atoms with Gasteiger partial charge in [0.05, 0.1) is 15.7 Å². The van der Waals surface area contributed by atoms with Crippen LogP contribution in [0.2, 0.25) is 0 Å². The van der Waals surface area contributed by atoms with Gasteiger partial charge in [0.1, 0.15) is 11.9 Å². The van der Waals surface area contributed by atoms with Crippen LogP contribution in [-0.4, -0.2) is 15.1 Å². The summed E-state index contributed by atoms with van der Waals surface area (Å²) in [6.45, 7) is 4.69. The normalized spacial score (nSPS) is 16.2. The van der Waals surface area contributed by atoms with Crippen LogP contribution < -0.4 is 4.72 Å². The number of hydrogen-bond acceptors (Lipinski definition) is 1. The van der Waals surface area contributed by atoms with E-state index in [1.54, 1.807) is 20.8 Å². The Bertz CT molecular complexity index is 450. The predicted octanol–water partition coefficient (Wildman–Crippen LogP) is 3.48. The van der Waals surface area contributed by atoms with Crippen LogP contribution in [0.4, 0.5) is 17.6 Å². The summed E-state index contributed by atoms with van der Waals surface area (Å²) in [6.07, 6.45) is -4.61. The summed E-state index contributed by atoms with van der Waals surface area (Å²) in [7, 11) is -1.88. The molecule has 108 valence electrons. The van der Waals surface area contributed by atoms with Crippen LogP contribution in [0.15, 0.2) is 24.3 Å². The van der Waals surface area contributed by atoms with Crippen molar-refractivity contribution in [2.45, 2.75) is 37.7 Å². The van der Waals surface area contributed by atoms with E-state index in [9.17, 15) is 21.8 Å². The topological polar surface area (TPSA) is 29.1 Å². The number of hydrogen-bond donors (Lipinski definition) is 1. The molecule has 0 aliphatic heterocycles. The highest BCUT2D eigenvalue weighted by Gasteiger charge is 2.42. The Hall–Kier alpha value is -0.950. The van der Waals surface area contributed by atoms with Gasteiger partial charge in [0.2, 0.25) is 0 Å². The Morgan fingerprint density at radius 1 is 1.11 bits per heavy atom. The van der Waals surface area contributed by atoms with Gasteiger partial charge in [0.25, 0.3) is 0 Å². The zero-order valence-corrected chi connectivity index (χ0v) is 11.5. The Morgan fingerprint density at radius 2 is 1.58 bits per heavy atom. The average Bonchev–Trinajstić information content (AvgIpc) is 2.24. The molecule has 0 amide bonds. The second kappa shape index (κ2) is 5.58. The van der Waals surface area contributed by atoms with E-state index in [2.05, 4.69) is 4.72 Å². The molecule has 0 aliphatic carbocycles. The van der Waals surface area contributed by atoms with Crippen molar-refractivity contribution in [3.8, 4) is 0 Å². The van der Waals surface area contributed by atoms with Gasteiger partial charge < -0.3 is 0 Å². The molecule has 0 fully saturated rings. The predicted molar refractivity (Wildman–Crippen MR) is 66.2 cm³/mol. The highest BCUT2D eigenvalue weighted by Crippen LogP contribution is 2.33. The Balaban J connectivity index is 3.04. The fraction of sp³-hybridized carbons (Fsp3) is 0.500. The standard InChI is InChI=1S/C12H15F4NOS/c1-11(2,3)19(18)17-10(12(14,15)16)8-4-6-9(13)7-5-8/h4-7,10,17H,1-3H3. The molecule has 1 N–H and O–H groups in total. The smallest absolute Gasteiger partial charge is 0.242 e. The molecule has 0 radical (unpaired) electrons. The van der Waals surface area contributed by atoms with Crippen LogP contribution in [0.5, 0.6) is 0 Å². The van der Waals surface area contributed by atoms with Crippen molar-refractivity contribution in [3.05, 3.63) is 35.6 Å². The number of nitrogens with one attached hydrogen (secondary N) is 1. The summed E-state index contributed by atoms with van der Waals surface area (Å²) >= 11 is 0. The fourth-order valence-electron chi connectivity index (χ4n) is 1.26. The maximum atomic E-state index is 13.0. The first-order chi connectivity index (χ1) is 8.51. The first-order valence-electron chi connectivity index (χ1n) is 5.52. The molecule has 0 aliphatic rings. The molecule has 1 aromatic rings. The summed E-state index contributed by atoms with van der Waals surface area (Å²) in [5.41, 5.74) is -0.175. The summed E-state index contributed by atoms with van der Waals surface area (Å²) in [5.74, 6) is -0.624. The van der Waals surface area contributed by atoms with Crippen molar-refractivity contribution in [1.29, 1.82) is 0 Å². The zero-order valence-electron chi connectivity index (χ0n) is 10.7. The molecule has 0 bridgehead atoms. The highest BCUT2D eigenvalue weighted by atomic mass is 32.2. The minimum absolute atomic E-state index is 0.175. The summed E-state index contributed by atoms with van der Waals surface area (Å²) in [5, 5.41) is 0. The monoisotopic (exact) mass is 297 g/mol. The van der Waals surface area contributed by atoms with Crippen LogP contribution in [0.25, 0.3) is 0 Å². The maximum Gasteiger partial charge on any atom is 0.408 e. The van der Waals surface area contributed by atoms with Gasteiger partial charge in [-0.25, -0.2) is 13.3 Å². The third-order valence-electron chi connectivity index (χ3n) is 2.31.